The fourth-order valence-corrected chi connectivity index (χ4v) is 3.06. The van der Waals surface area contributed by atoms with Crippen molar-refractivity contribution >= 4 is 5.91 Å². The summed E-state index contributed by atoms with van der Waals surface area (Å²) in [6.07, 6.45) is 4.24. The summed E-state index contributed by atoms with van der Waals surface area (Å²) >= 11 is 0. The Labute approximate surface area is 141 Å². The second kappa shape index (κ2) is 7.05. The second-order valence-electron chi connectivity index (χ2n) is 6.22. The molecule has 126 valence electrons. The van der Waals surface area contributed by atoms with E-state index in [1.807, 2.05) is 19.2 Å². The van der Waals surface area contributed by atoms with Gasteiger partial charge in [0.1, 0.15) is 12.1 Å². The Balaban J connectivity index is 1.64. The monoisotopic (exact) mass is 328 g/mol. The fourth-order valence-electron chi connectivity index (χ4n) is 3.06. The van der Waals surface area contributed by atoms with E-state index in [2.05, 4.69) is 14.9 Å². The number of rotatable bonds is 4. The van der Waals surface area contributed by atoms with Crippen LogP contribution < -0.4 is 0 Å². The highest BCUT2D eigenvalue weighted by molar-refractivity contribution is 5.81. The van der Waals surface area contributed by atoms with Crippen molar-refractivity contribution in [1.82, 2.24) is 19.8 Å². The molecule has 6 heteroatoms. The zero-order chi connectivity index (χ0) is 17.1. The zero-order valence-corrected chi connectivity index (χ0v) is 13.9. The Morgan fingerprint density at radius 3 is 3.08 bits per heavy atom. The molecule has 1 amide bonds. The Hall–Kier alpha value is -2.34. The van der Waals surface area contributed by atoms with Gasteiger partial charge in [0.2, 0.25) is 5.91 Å². The van der Waals surface area contributed by atoms with Crippen molar-refractivity contribution in [3.63, 3.8) is 0 Å². The average Bonchev–Trinajstić information content (AvgIpc) is 2.60. The van der Waals surface area contributed by atoms with Crippen LogP contribution in [0.4, 0.5) is 4.39 Å². The molecular formula is C18H21FN4O. The molecule has 0 unspecified atom stereocenters. The summed E-state index contributed by atoms with van der Waals surface area (Å²) in [6, 6.07) is 6.11. The minimum Gasteiger partial charge on any atom is -0.340 e. The van der Waals surface area contributed by atoms with Crippen molar-refractivity contribution in [2.45, 2.75) is 32.5 Å². The standard InChI is InChI=1S/C18H21FN4O/c1-13(23-7-6-15-9-20-12-21-17(15)11-23)18(24)22(2)10-14-4-3-5-16(19)8-14/h3-5,8-9,12-13H,6-7,10-11H2,1-2H3/t13-/m0/s1. The molecule has 1 aliphatic rings. The molecule has 0 radical (unpaired) electrons. The molecule has 1 atom stereocenters. The minimum absolute atomic E-state index is 0.0248. The highest BCUT2D eigenvalue weighted by Gasteiger charge is 2.28. The lowest BCUT2D eigenvalue weighted by molar-refractivity contribution is -0.136. The number of amides is 1. The maximum atomic E-state index is 13.3. The van der Waals surface area contributed by atoms with Crippen LogP contribution in [0, 0.1) is 5.82 Å². The molecule has 1 aromatic heterocycles. The van der Waals surface area contributed by atoms with Gasteiger partial charge < -0.3 is 4.90 Å². The van der Waals surface area contributed by atoms with Crippen LogP contribution in [0.2, 0.25) is 0 Å². The first kappa shape index (κ1) is 16.5. The van der Waals surface area contributed by atoms with Gasteiger partial charge >= 0.3 is 0 Å². The molecule has 0 aliphatic carbocycles. The molecular weight excluding hydrogens is 307 g/mol. The van der Waals surface area contributed by atoms with E-state index in [1.54, 1.807) is 24.3 Å². The first-order valence-corrected chi connectivity index (χ1v) is 8.06. The lowest BCUT2D eigenvalue weighted by Gasteiger charge is -2.34. The zero-order valence-electron chi connectivity index (χ0n) is 13.9. The Morgan fingerprint density at radius 2 is 2.29 bits per heavy atom. The van der Waals surface area contributed by atoms with Crippen molar-refractivity contribution in [2.75, 3.05) is 13.6 Å². The van der Waals surface area contributed by atoms with Crippen LogP contribution in [-0.2, 0) is 24.3 Å². The van der Waals surface area contributed by atoms with Crippen molar-refractivity contribution in [3.05, 3.63) is 59.4 Å². The van der Waals surface area contributed by atoms with Crippen LogP contribution in [-0.4, -0.2) is 45.3 Å². The summed E-state index contributed by atoms with van der Waals surface area (Å²) in [4.78, 5) is 24.8. The molecule has 0 spiro atoms. The van der Waals surface area contributed by atoms with Crippen LogP contribution in [0.1, 0.15) is 23.7 Å². The molecule has 1 aliphatic heterocycles. The summed E-state index contributed by atoms with van der Waals surface area (Å²) in [5.41, 5.74) is 2.93. The Morgan fingerprint density at radius 1 is 1.46 bits per heavy atom. The molecule has 24 heavy (non-hydrogen) atoms. The smallest absolute Gasteiger partial charge is 0.239 e. The van der Waals surface area contributed by atoms with Gasteiger partial charge in [0, 0.05) is 32.9 Å². The van der Waals surface area contributed by atoms with E-state index in [0.29, 0.717) is 13.1 Å². The molecule has 1 aromatic carbocycles. The summed E-state index contributed by atoms with van der Waals surface area (Å²) < 4.78 is 13.3. The summed E-state index contributed by atoms with van der Waals surface area (Å²) in [7, 11) is 1.75. The molecule has 2 heterocycles. The lowest BCUT2D eigenvalue weighted by Crippen LogP contribution is -2.47. The maximum absolute atomic E-state index is 13.3. The predicted molar refractivity (Wildman–Crippen MR) is 88.5 cm³/mol. The van der Waals surface area contributed by atoms with Crippen LogP contribution >= 0.6 is 0 Å². The van der Waals surface area contributed by atoms with Gasteiger partial charge in [0.25, 0.3) is 0 Å². The van der Waals surface area contributed by atoms with Gasteiger partial charge in [-0.1, -0.05) is 12.1 Å². The number of likely N-dealkylation sites (N-methyl/N-ethyl adjacent to an activating group) is 1. The number of halogens is 1. The number of carbonyl (C=O) groups is 1. The molecule has 0 fully saturated rings. The summed E-state index contributed by atoms with van der Waals surface area (Å²) in [5.74, 6) is -0.259. The molecule has 0 saturated carbocycles. The van der Waals surface area contributed by atoms with E-state index >= 15 is 0 Å². The maximum Gasteiger partial charge on any atom is 0.239 e. The predicted octanol–water partition coefficient (Wildman–Crippen LogP) is 2.02. The van der Waals surface area contributed by atoms with Crippen LogP contribution in [0.5, 0.6) is 0 Å². The molecule has 5 nitrogen and oxygen atoms in total. The normalized spacial score (nSPS) is 15.6. The van der Waals surface area contributed by atoms with Gasteiger partial charge in [-0.25, -0.2) is 14.4 Å². The van der Waals surface area contributed by atoms with Crippen LogP contribution in [0.25, 0.3) is 0 Å². The first-order chi connectivity index (χ1) is 11.5. The number of hydrogen-bond acceptors (Lipinski definition) is 4. The minimum atomic E-state index is -0.284. The van der Waals surface area contributed by atoms with E-state index in [1.165, 1.54) is 12.1 Å². The quantitative estimate of drug-likeness (QED) is 0.862. The van der Waals surface area contributed by atoms with Gasteiger partial charge in [0.15, 0.2) is 0 Å². The highest BCUT2D eigenvalue weighted by atomic mass is 19.1. The number of carbonyl (C=O) groups excluding carboxylic acids is 1. The Kier molecular flexibility index (Phi) is 4.85. The van der Waals surface area contributed by atoms with Crippen LogP contribution in [0.3, 0.4) is 0 Å². The SMILES string of the molecule is C[C@@H](C(=O)N(C)Cc1cccc(F)c1)N1CCc2cncnc2C1. The third-order valence-electron chi connectivity index (χ3n) is 4.49. The van der Waals surface area contributed by atoms with Crippen LogP contribution in [0.15, 0.2) is 36.8 Å². The lowest BCUT2D eigenvalue weighted by atomic mass is 10.0. The Bertz CT molecular complexity index is 736. The number of hydrogen-bond donors (Lipinski definition) is 0. The third kappa shape index (κ3) is 3.59. The van der Waals surface area contributed by atoms with Gasteiger partial charge in [-0.15, -0.1) is 0 Å². The van der Waals surface area contributed by atoms with Gasteiger partial charge in [-0.2, -0.15) is 0 Å². The van der Waals surface area contributed by atoms with Crippen molar-refractivity contribution < 1.29 is 9.18 Å². The first-order valence-electron chi connectivity index (χ1n) is 8.06. The highest BCUT2D eigenvalue weighted by Crippen LogP contribution is 2.19. The number of benzene rings is 1. The number of nitrogens with zero attached hydrogens (tertiary/aromatic N) is 4. The number of fused-ring (bicyclic) bond motifs is 1. The summed E-state index contributed by atoms with van der Waals surface area (Å²) in [5, 5.41) is 0. The topological polar surface area (TPSA) is 49.3 Å². The molecule has 0 saturated heterocycles. The van der Waals surface area contributed by atoms with Crippen molar-refractivity contribution in [2.24, 2.45) is 0 Å². The van der Waals surface area contributed by atoms with E-state index in [4.69, 9.17) is 0 Å². The third-order valence-corrected chi connectivity index (χ3v) is 4.49. The largest absolute Gasteiger partial charge is 0.340 e. The average molecular weight is 328 g/mol. The van der Waals surface area contributed by atoms with Crippen molar-refractivity contribution in [3.8, 4) is 0 Å². The van der Waals surface area contributed by atoms with E-state index < -0.39 is 0 Å². The van der Waals surface area contributed by atoms with E-state index in [0.717, 1.165) is 29.8 Å². The molecule has 2 aromatic rings. The summed E-state index contributed by atoms with van der Waals surface area (Å²) in [6.45, 7) is 3.77. The molecule has 3 rings (SSSR count). The van der Waals surface area contributed by atoms with Gasteiger partial charge in [-0.05, 0) is 36.6 Å². The molecule has 0 bridgehead atoms. The number of aromatic nitrogens is 2. The second-order valence-corrected chi connectivity index (χ2v) is 6.22. The van der Waals surface area contributed by atoms with E-state index in [9.17, 15) is 9.18 Å². The fraction of sp³-hybridized carbons (Fsp3) is 0.389. The van der Waals surface area contributed by atoms with Gasteiger partial charge in [-0.3, -0.25) is 9.69 Å². The van der Waals surface area contributed by atoms with Crippen molar-refractivity contribution in [1.29, 1.82) is 0 Å². The van der Waals surface area contributed by atoms with E-state index in [-0.39, 0.29) is 17.8 Å². The van der Waals surface area contributed by atoms with Gasteiger partial charge in [0.05, 0.1) is 11.7 Å². The molecule has 0 N–H and O–H groups in total.